The maximum atomic E-state index is 15.6. The molecule has 4 aromatic carbocycles. The van der Waals surface area contributed by atoms with Crippen molar-refractivity contribution in [2.45, 2.75) is 53.9 Å². The van der Waals surface area contributed by atoms with Gasteiger partial charge in [0, 0.05) is 86.3 Å². The zero-order valence-electron chi connectivity index (χ0n) is 51.5. The first-order valence-electron chi connectivity index (χ1n) is 29.5. The topological polar surface area (TPSA) is 203 Å². The second-order valence-corrected chi connectivity index (χ2v) is 23.5. The number of nitrogens with zero attached hydrogens (tertiary/aromatic N) is 10. The fourth-order valence-electron chi connectivity index (χ4n) is 10.7. The van der Waals surface area contributed by atoms with Crippen LogP contribution in [0.5, 0.6) is 0 Å². The Labute approximate surface area is 533 Å². The van der Waals surface area contributed by atoms with Crippen LogP contribution in [0.15, 0.2) is 147 Å². The number of pyridine rings is 2. The molecule has 2 N–H and O–H groups in total. The number of carbonyl (C=O) groups is 2. The smallest absolute Gasteiger partial charge is 0.341 e. The fourth-order valence-corrected chi connectivity index (χ4v) is 13.3. The second-order valence-electron chi connectivity index (χ2n) is 21.5. The number of urea groups is 2. The van der Waals surface area contributed by atoms with Crippen molar-refractivity contribution in [1.82, 2.24) is 48.7 Å². The van der Waals surface area contributed by atoms with Crippen molar-refractivity contribution in [2.24, 2.45) is 0 Å². The van der Waals surface area contributed by atoms with Crippen LogP contribution in [0.2, 0.25) is 0 Å². The van der Waals surface area contributed by atoms with Crippen molar-refractivity contribution in [3.8, 4) is 32.5 Å². The van der Waals surface area contributed by atoms with Crippen molar-refractivity contribution < 1.29 is 36.6 Å². The van der Waals surface area contributed by atoms with Crippen LogP contribution in [0.25, 0.3) is 53.0 Å². The molecule has 0 unspecified atom stereocenters. The average Bonchev–Trinajstić information content (AvgIpc) is 1.54. The number of nitrogens with one attached hydrogen (secondary N) is 2. The number of anilines is 2. The van der Waals surface area contributed by atoms with Crippen molar-refractivity contribution in [2.75, 3.05) is 77.2 Å². The van der Waals surface area contributed by atoms with E-state index >= 15 is 27.2 Å². The lowest BCUT2D eigenvalue weighted by molar-refractivity contribution is 0.120. The summed E-state index contributed by atoms with van der Waals surface area (Å²) < 4.78 is 77.4. The number of aryl methyl sites for hydroxylation is 1. The van der Waals surface area contributed by atoms with E-state index in [1.54, 1.807) is 94.6 Å². The third-order valence-corrected chi connectivity index (χ3v) is 17.9. The molecule has 4 amide bonds. The van der Waals surface area contributed by atoms with Gasteiger partial charge < -0.3 is 20.1 Å². The summed E-state index contributed by atoms with van der Waals surface area (Å²) in [5.74, 6) is -3.57. The molecule has 478 valence electrons. The molecule has 0 saturated carbocycles. The molecule has 0 aliphatic rings. The Morgan fingerprint density at radius 2 is 1.00 bits per heavy atom. The van der Waals surface area contributed by atoms with Gasteiger partial charge in [0.1, 0.15) is 44.6 Å². The number of thiophene rings is 2. The van der Waals surface area contributed by atoms with Gasteiger partial charge >= 0.3 is 23.4 Å². The van der Waals surface area contributed by atoms with Gasteiger partial charge in [-0.05, 0) is 136 Å². The third kappa shape index (κ3) is 13.3. The first kappa shape index (κ1) is 65.5. The van der Waals surface area contributed by atoms with E-state index in [-0.39, 0.29) is 69.6 Å². The van der Waals surface area contributed by atoms with Gasteiger partial charge in [-0.25, -0.2) is 55.8 Å². The van der Waals surface area contributed by atoms with Crippen LogP contribution in [0, 0.1) is 30.2 Å². The van der Waals surface area contributed by atoms with E-state index in [4.69, 9.17) is 9.47 Å². The van der Waals surface area contributed by atoms with Crippen molar-refractivity contribution >= 4 is 66.5 Å². The van der Waals surface area contributed by atoms with Crippen molar-refractivity contribution in [3.63, 3.8) is 0 Å². The maximum Gasteiger partial charge on any atom is 0.341 e. The Morgan fingerprint density at radius 1 is 0.554 bits per heavy atom. The standard InChI is InChI=1S/C66H66F4N12O8S2/c1-8-71-63(85)81(43-25-21-41(22-26-43)57-47(36-75(5)31-33-89-7)56-60(84)80(54-29-20-40(4)35-74-54)66(88)78(62(56)91-57)39-46-51(69)17-14-18-52(46)70)82(64(86)72-9-2)44-27-23-42(24-28-44)58-48(37-76(6)32-34-90-10-3)55-59(83)79(53-19-11-12-30-73-53)65(87)77(61(55)92-58)38-45-49(67)15-13-16-50(45)68/h11-30,35H,8-10,31-34,36-39H2,1-7H3,(H,71,85)(H,72,86). The highest BCUT2D eigenvalue weighted by Gasteiger charge is 2.32. The lowest BCUT2D eigenvalue weighted by Crippen LogP contribution is -2.57. The number of benzene rings is 4. The highest BCUT2D eigenvalue weighted by Crippen LogP contribution is 2.41. The predicted octanol–water partition coefficient (Wildman–Crippen LogP) is 10.1. The fraction of sp³-hybridized carbons (Fsp3) is 0.273. The number of likely N-dealkylation sites (N-methyl/N-ethyl adjacent to an activating group) is 2. The Balaban J connectivity index is 1.12. The van der Waals surface area contributed by atoms with Crippen LogP contribution in [0.3, 0.4) is 0 Å². The Morgan fingerprint density at radius 3 is 1.39 bits per heavy atom. The number of aromatic nitrogens is 6. The van der Waals surface area contributed by atoms with E-state index < -0.39 is 82.0 Å². The Bertz CT molecular complexity index is 4560. The zero-order chi connectivity index (χ0) is 65.5. The molecule has 0 radical (unpaired) electrons. The summed E-state index contributed by atoms with van der Waals surface area (Å²) in [5, 5.41) is 8.18. The Kier molecular flexibility index (Phi) is 20.5. The number of hydrogen-bond donors (Lipinski definition) is 2. The normalized spacial score (nSPS) is 11.6. The number of halogens is 4. The van der Waals surface area contributed by atoms with Gasteiger partial charge in [0.25, 0.3) is 11.1 Å². The van der Waals surface area contributed by atoms with E-state index in [0.29, 0.717) is 64.9 Å². The van der Waals surface area contributed by atoms with Gasteiger partial charge in [0.2, 0.25) is 0 Å². The minimum absolute atomic E-state index is 0.000838. The molecule has 0 saturated heterocycles. The minimum Gasteiger partial charge on any atom is -0.383 e. The number of rotatable bonds is 23. The van der Waals surface area contributed by atoms with Crippen LogP contribution in [0.4, 0.5) is 38.5 Å². The summed E-state index contributed by atoms with van der Waals surface area (Å²) in [6.45, 7) is 8.53. The van der Waals surface area contributed by atoms with Crippen molar-refractivity contribution in [1.29, 1.82) is 0 Å². The van der Waals surface area contributed by atoms with E-state index in [0.717, 1.165) is 71.7 Å². The van der Waals surface area contributed by atoms with E-state index in [9.17, 15) is 19.2 Å². The molecule has 0 aliphatic heterocycles. The molecule has 26 heteroatoms. The van der Waals surface area contributed by atoms with E-state index in [2.05, 4.69) is 20.6 Å². The third-order valence-electron chi connectivity index (χ3n) is 15.2. The molecule has 0 aliphatic carbocycles. The second kappa shape index (κ2) is 28.8. The summed E-state index contributed by atoms with van der Waals surface area (Å²) in [6, 6.07) is 26.5. The van der Waals surface area contributed by atoms with Gasteiger partial charge in [-0.3, -0.25) is 28.5 Å². The number of ether oxygens (including phenoxy) is 2. The van der Waals surface area contributed by atoms with Crippen LogP contribution < -0.4 is 43.1 Å². The van der Waals surface area contributed by atoms with Crippen LogP contribution in [0.1, 0.15) is 48.6 Å². The molecule has 6 aromatic heterocycles. The molecule has 92 heavy (non-hydrogen) atoms. The summed E-state index contributed by atoms with van der Waals surface area (Å²) >= 11 is 2.15. The average molecular weight is 1300 g/mol. The number of methoxy groups -OCH3 is 1. The molecular formula is C66H66F4N12O8S2. The van der Waals surface area contributed by atoms with Gasteiger partial charge in [0.05, 0.1) is 48.5 Å². The number of hydrogen-bond acceptors (Lipinski definition) is 14. The highest BCUT2D eigenvalue weighted by atomic mass is 32.1. The lowest BCUT2D eigenvalue weighted by Gasteiger charge is -2.34. The van der Waals surface area contributed by atoms with Crippen LogP contribution >= 0.6 is 22.7 Å². The summed E-state index contributed by atoms with van der Waals surface area (Å²) in [6.07, 6.45) is 2.92. The number of hydrazine groups is 1. The van der Waals surface area contributed by atoms with E-state index in [1.165, 1.54) is 45.8 Å². The molecule has 0 atom stereocenters. The first-order valence-corrected chi connectivity index (χ1v) is 31.2. The van der Waals surface area contributed by atoms with Crippen LogP contribution in [-0.2, 0) is 35.7 Å². The molecule has 20 nitrogen and oxygen atoms in total. The molecule has 10 aromatic rings. The zero-order valence-corrected chi connectivity index (χ0v) is 53.1. The van der Waals surface area contributed by atoms with Gasteiger partial charge in [0.15, 0.2) is 0 Å². The largest absolute Gasteiger partial charge is 0.383 e. The Hall–Kier alpha value is -9.44. The number of amides is 4. The monoisotopic (exact) mass is 1290 g/mol. The maximum absolute atomic E-state index is 15.6. The first-order chi connectivity index (χ1) is 44.4. The molecule has 10 rings (SSSR count). The predicted molar refractivity (Wildman–Crippen MR) is 350 cm³/mol. The summed E-state index contributed by atoms with van der Waals surface area (Å²) in [4.78, 5) is 103. The minimum atomic E-state index is -0.892. The number of carbonyl (C=O) groups excluding carboxylic acids is 2. The van der Waals surface area contributed by atoms with Crippen LogP contribution in [-0.4, -0.2) is 117 Å². The molecular weight excluding hydrogens is 1230 g/mol. The van der Waals surface area contributed by atoms with E-state index in [1.807, 2.05) is 30.8 Å². The molecule has 0 spiro atoms. The lowest BCUT2D eigenvalue weighted by atomic mass is 10.1. The highest BCUT2D eigenvalue weighted by molar-refractivity contribution is 7.22. The number of fused-ring (bicyclic) bond motifs is 2. The summed E-state index contributed by atoms with van der Waals surface area (Å²) in [7, 11) is 5.23. The summed E-state index contributed by atoms with van der Waals surface area (Å²) in [5.41, 5.74) is -0.806. The van der Waals surface area contributed by atoms with Gasteiger partial charge in [-0.1, -0.05) is 48.5 Å². The molecule has 0 fully saturated rings. The van der Waals surface area contributed by atoms with Gasteiger partial charge in [-0.15, -0.1) is 22.7 Å². The SMILES string of the molecule is CCNC(=O)N(c1ccc(-c2sc3c(c2CN(C)CCOC)c(=O)n(-c2ccc(C)cn2)c(=O)n3Cc2c(F)cccc2F)cc1)N(C(=O)NCC)c1ccc(-c2sc3c(c2CN(C)CCOCC)c(=O)n(-c2ccccn2)c(=O)n3Cc2c(F)cccc2F)cc1. The quantitative estimate of drug-likeness (QED) is 0.0349. The molecule has 6 heterocycles. The van der Waals surface area contributed by atoms with Crippen molar-refractivity contribution in [3.05, 3.63) is 220 Å². The molecule has 0 bridgehead atoms. The van der Waals surface area contributed by atoms with Gasteiger partial charge in [-0.2, -0.15) is 10.0 Å².